The number of hydrogen-bond donors (Lipinski definition) is 1. The summed E-state index contributed by atoms with van der Waals surface area (Å²) in [5.41, 5.74) is 2.90. The summed E-state index contributed by atoms with van der Waals surface area (Å²) >= 11 is 6.03. The molecule has 0 saturated carbocycles. The number of sulfonamides is 1. The van der Waals surface area contributed by atoms with Crippen LogP contribution >= 0.6 is 11.6 Å². The Labute approximate surface area is 227 Å². The summed E-state index contributed by atoms with van der Waals surface area (Å²) in [6, 6.07) is 12.1. The van der Waals surface area contributed by atoms with Gasteiger partial charge in [-0.3, -0.25) is 13.9 Å². The van der Waals surface area contributed by atoms with Gasteiger partial charge in [-0.25, -0.2) is 8.42 Å². The van der Waals surface area contributed by atoms with E-state index in [1.807, 2.05) is 65.8 Å². The van der Waals surface area contributed by atoms with E-state index >= 15 is 0 Å². The summed E-state index contributed by atoms with van der Waals surface area (Å²) in [6.07, 6.45) is 2.03. The molecule has 0 fully saturated rings. The van der Waals surface area contributed by atoms with Crippen molar-refractivity contribution in [2.75, 3.05) is 17.1 Å². The molecule has 0 unspecified atom stereocenters. The second-order valence-corrected chi connectivity index (χ2v) is 12.8. The van der Waals surface area contributed by atoms with Gasteiger partial charge in [-0.15, -0.1) is 0 Å². The average Bonchev–Trinajstić information content (AvgIpc) is 2.78. The minimum atomic E-state index is -3.55. The number of nitrogens with zero attached hydrogens (tertiary/aromatic N) is 2. The van der Waals surface area contributed by atoms with Crippen molar-refractivity contribution < 1.29 is 18.0 Å². The monoisotopic (exact) mass is 549 g/mol. The zero-order chi connectivity index (χ0) is 28.0. The van der Waals surface area contributed by atoms with Gasteiger partial charge in [-0.05, 0) is 82.3 Å². The smallest absolute Gasteiger partial charge is 0.243 e. The first kappa shape index (κ1) is 30.6. The molecular weight excluding hydrogens is 510 g/mol. The van der Waals surface area contributed by atoms with E-state index in [1.165, 1.54) is 10.6 Å². The van der Waals surface area contributed by atoms with Crippen molar-refractivity contribution in [3.05, 3.63) is 64.2 Å². The Hall–Kier alpha value is -2.58. The topological polar surface area (TPSA) is 86.8 Å². The molecule has 1 atom stereocenters. The molecule has 0 aliphatic carbocycles. The van der Waals surface area contributed by atoms with Gasteiger partial charge in [0.25, 0.3) is 0 Å². The lowest BCUT2D eigenvalue weighted by Gasteiger charge is -2.33. The molecule has 2 rings (SSSR count). The van der Waals surface area contributed by atoms with Crippen LogP contribution in [0.2, 0.25) is 5.02 Å². The van der Waals surface area contributed by atoms with E-state index in [-0.39, 0.29) is 31.3 Å². The Morgan fingerprint density at radius 2 is 1.68 bits per heavy atom. The number of aryl methyl sites for hydroxylation is 1. The fourth-order valence-corrected chi connectivity index (χ4v) is 5.29. The van der Waals surface area contributed by atoms with Crippen LogP contribution in [-0.2, 0) is 26.2 Å². The normalized spacial score (nSPS) is 12.6. The van der Waals surface area contributed by atoms with E-state index in [0.29, 0.717) is 23.6 Å². The molecule has 0 spiro atoms. The van der Waals surface area contributed by atoms with Crippen LogP contribution in [0.3, 0.4) is 0 Å². The zero-order valence-electron chi connectivity index (χ0n) is 23.0. The number of amides is 2. The first-order chi connectivity index (χ1) is 17.1. The van der Waals surface area contributed by atoms with Crippen molar-refractivity contribution in [1.82, 2.24) is 10.2 Å². The molecular formula is C28H40ClN3O4S. The molecule has 9 heteroatoms. The quantitative estimate of drug-likeness (QED) is 0.416. The number of carbonyl (C=O) groups excluding carboxylic acids is 2. The molecule has 0 bridgehead atoms. The SMILES string of the molecule is CC[C@H](C(=O)NC(C)(C)C)N(Cc1ccc(Cl)cc1)C(=O)CCCN(c1cccc(C)c1C)S(C)(=O)=O. The third kappa shape index (κ3) is 9.04. The van der Waals surface area contributed by atoms with Gasteiger partial charge in [0.05, 0.1) is 11.9 Å². The van der Waals surface area contributed by atoms with Crippen molar-refractivity contribution in [1.29, 1.82) is 0 Å². The first-order valence-electron chi connectivity index (χ1n) is 12.5. The van der Waals surface area contributed by atoms with Gasteiger partial charge < -0.3 is 10.2 Å². The van der Waals surface area contributed by atoms with Crippen LogP contribution in [-0.4, -0.2) is 49.5 Å². The van der Waals surface area contributed by atoms with Gasteiger partial charge in [0.15, 0.2) is 0 Å². The summed E-state index contributed by atoms with van der Waals surface area (Å²) in [7, 11) is -3.55. The van der Waals surface area contributed by atoms with Gasteiger partial charge in [-0.1, -0.05) is 42.8 Å². The Balaban J connectivity index is 2.27. The Bertz CT molecular complexity index is 1190. The van der Waals surface area contributed by atoms with Gasteiger partial charge in [0.2, 0.25) is 21.8 Å². The van der Waals surface area contributed by atoms with Crippen molar-refractivity contribution in [3.8, 4) is 0 Å². The summed E-state index contributed by atoms with van der Waals surface area (Å²) in [6.45, 7) is 11.8. The van der Waals surface area contributed by atoms with E-state index in [9.17, 15) is 18.0 Å². The summed E-state index contributed by atoms with van der Waals surface area (Å²) in [4.78, 5) is 28.3. The minimum absolute atomic E-state index is 0.101. The molecule has 2 amide bonds. The average molecular weight is 550 g/mol. The predicted octanol–water partition coefficient (Wildman–Crippen LogP) is 5.23. The second kappa shape index (κ2) is 12.8. The van der Waals surface area contributed by atoms with Crippen LogP contribution < -0.4 is 9.62 Å². The predicted molar refractivity (Wildman–Crippen MR) is 151 cm³/mol. The summed E-state index contributed by atoms with van der Waals surface area (Å²) < 4.78 is 26.6. The van der Waals surface area contributed by atoms with Gasteiger partial charge in [0.1, 0.15) is 6.04 Å². The molecule has 2 aromatic carbocycles. The maximum absolute atomic E-state index is 13.5. The number of nitrogens with one attached hydrogen (secondary N) is 1. The maximum atomic E-state index is 13.5. The molecule has 1 N–H and O–H groups in total. The van der Waals surface area contributed by atoms with E-state index in [4.69, 9.17) is 11.6 Å². The highest BCUT2D eigenvalue weighted by Crippen LogP contribution is 2.26. The van der Waals surface area contributed by atoms with Crippen LogP contribution in [0.5, 0.6) is 0 Å². The third-order valence-corrected chi connectivity index (χ3v) is 7.58. The molecule has 0 aliphatic rings. The Morgan fingerprint density at radius 3 is 2.22 bits per heavy atom. The summed E-state index contributed by atoms with van der Waals surface area (Å²) in [5, 5.41) is 3.58. The van der Waals surface area contributed by atoms with E-state index in [0.717, 1.165) is 16.7 Å². The lowest BCUT2D eigenvalue weighted by molar-refractivity contribution is -0.142. The van der Waals surface area contributed by atoms with Gasteiger partial charge in [0, 0.05) is 30.1 Å². The Morgan fingerprint density at radius 1 is 1.05 bits per heavy atom. The maximum Gasteiger partial charge on any atom is 0.243 e. The summed E-state index contributed by atoms with van der Waals surface area (Å²) in [5.74, 6) is -0.425. The van der Waals surface area contributed by atoms with Crippen LogP contribution in [0.25, 0.3) is 0 Å². The number of carbonyl (C=O) groups is 2. The lowest BCUT2D eigenvalue weighted by Crippen LogP contribution is -2.53. The van der Waals surface area contributed by atoms with Crippen molar-refractivity contribution >= 4 is 39.1 Å². The van der Waals surface area contributed by atoms with Crippen molar-refractivity contribution in [2.24, 2.45) is 0 Å². The molecule has 0 saturated heterocycles. The molecule has 2 aromatic rings. The molecule has 0 heterocycles. The largest absolute Gasteiger partial charge is 0.350 e. The van der Waals surface area contributed by atoms with Crippen LogP contribution in [0.15, 0.2) is 42.5 Å². The highest BCUT2D eigenvalue weighted by molar-refractivity contribution is 7.92. The fourth-order valence-electron chi connectivity index (χ4n) is 4.15. The highest BCUT2D eigenvalue weighted by atomic mass is 35.5. The lowest BCUT2D eigenvalue weighted by atomic mass is 10.0. The van der Waals surface area contributed by atoms with Crippen LogP contribution in [0, 0.1) is 13.8 Å². The third-order valence-electron chi connectivity index (χ3n) is 6.15. The highest BCUT2D eigenvalue weighted by Gasteiger charge is 2.31. The molecule has 37 heavy (non-hydrogen) atoms. The van der Waals surface area contributed by atoms with Gasteiger partial charge in [-0.2, -0.15) is 0 Å². The van der Waals surface area contributed by atoms with E-state index < -0.39 is 21.6 Å². The van der Waals surface area contributed by atoms with Crippen LogP contribution in [0.4, 0.5) is 5.69 Å². The van der Waals surface area contributed by atoms with Crippen molar-refractivity contribution in [2.45, 2.75) is 78.9 Å². The number of benzene rings is 2. The number of hydrogen-bond acceptors (Lipinski definition) is 4. The number of halogens is 1. The fraction of sp³-hybridized carbons (Fsp3) is 0.500. The second-order valence-electron chi connectivity index (χ2n) is 10.5. The van der Waals surface area contributed by atoms with Gasteiger partial charge >= 0.3 is 0 Å². The Kier molecular flexibility index (Phi) is 10.6. The van der Waals surface area contributed by atoms with Crippen molar-refractivity contribution in [3.63, 3.8) is 0 Å². The van der Waals surface area contributed by atoms with E-state index in [2.05, 4.69) is 5.32 Å². The number of anilines is 1. The molecule has 204 valence electrons. The molecule has 0 radical (unpaired) electrons. The molecule has 7 nitrogen and oxygen atoms in total. The van der Waals surface area contributed by atoms with Crippen LogP contribution in [0.1, 0.15) is 63.6 Å². The molecule has 0 aliphatic heterocycles. The zero-order valence-corrected chi connectivity index (χ0v) is 24.5. The number of rotatable bonds is 11. The minimum Gasteiger partial charge on any atom is -0.350 e. The first-order valence-corrected chi connectivity index (χ1v) is 14.8. The molecule has 0 aromatic heterocycles. The van der Waals surface area contributed by atoms with E-state index in [1.54, 1.807) is 23.1 Å². The standard InChI is InChI=1S/C28H40ClN3O4S/c1-8-24(27(34)30-28(4,5)6)31(19-22-14-16-23(29)17-15-22)26(33)13-10-18-32(37(7,35)36)25-12-9-11-20(2)21(25)3/h9,11-12,14-17,24H,8,10,13,18-19H2,1-7H3,(H,30,34)/t24-/m1/s1.